The van der Waals surface area contributed by atoms with Crippen LogP contribution < -0.4 is 5.73 Å². The van der Waals surface area contributed by atoms with E-state index < -0.39 is 0 Å². The molecular weight excluding hydrogens is 269 g/mol. The number of aryl methyl sites for hydroxylation is 1. The topological polar surface area (TPSA) is 69.1 Å². The number of nitrogens with zero attached hydrogens (tertiary/aromatic N) is 4. The average molecular weight is 275 g/mol. The Morgan fingerprint density at radius 1 is 1.50 bits per heavy atom. The second-order valence-electron chi connectivity index (χ2n) is 2.41. The van der Waals surface area contributed by atoms with Gasteiger partial charge in [0.1, 0.15) is 3.70 Å². The molecule has 62 valence electrons. The van der Waals surface area contributed by atoms with Gasteiger partial charge in [0.2, 0.25) is 5.65 Å². The Bertz CT molecular complexity index is 435. The van der Waals surface area contributed by atoms with Crippen LogP contribution in [-0.2, 0) is 0 Å². The standard InChI is InChI=1S/C6H6IN5/c1-3-9-10-6-4(8)2-5(7)11-12(3)6/h2H,8H2,1H3. The number of nitrogens with two attached hydrogens (primary N) is 1. The zero-order valence-electron chi connectivity index (χ0n) is 6.32. The first-order valence-electron chi connectivity index (χ1n) is 3.32. The van der Waals surface area contributed by atoms with Crippen LogP contribution >= 0.6 is 22.6 Å². The summed E-state index contributed by atoms with van der Waals surface area (Å²) in [5.41, 5.74) is 6.93. The van der Waals surface area contributed by atoms with Crippen LogP contribution in [0.4, 0.5) is 5.69 Å². The quantitative estimate of drug-likeness (QED) is 0.715. The van der Waals surface area contributed by atoms with Crippen LogP contribution in [0, 0.1) is 10.6 Å². The summed E-state index contributed by atoms with van der Waals surface area (Å²) in [6, 6.07) is 1.77. The monoisotopic (exact) mass is 275 g/mol. The van der Waals surface area contributed by atoms with Crippen molar-refractivity contribution in [2.75, 3.05) is 5.73 Å². The van der Waals surface area contributed by atoms with Gasteiger partial charge in [-0.1, -0.05) is 0 Å². The fourth-order valence-corrected chi connectivity index (χ4v) is 1.53. The Labute approximate surface area is 82.1 Å². The van der Waals surface area contributed by atoms with E-state index in [9.17, 15) is 0 Å². The molecule has 5 nitrogen and oxygen atoms in total. The highest BCUT2D eigenvalue weighted by molar-refractivity contribution is 14.1. The summed E-state index contributed by atoms with van der Waals surface area (Å²) in [4.78, 5) is 0. The molecule has 0 fully saturated rings. The third-order valence-corrected chi connectivity index (χ3v) is 2.05. The van der Waals surface area contributed by atoms with Crippen molar-refractivity contribution in [3.8, 4) is 0 Å². The summed E-state index contributed by atoms with van der Waals surface area (Å²) in [5.74, 6) is 0.746. The molecule has 0 saturated carbocycles. The van der Waals surface area contributed by atoms with Crippen LogP contribution in [0.15, 0.2) is 6.07 Å². The summed E-state index contributed by atoms with van der Waals surface area (Å²) in [7, 11) is 0. The van der Waals surface area contributed by atoms with Crippen molar-refractivity contribution in [2.24, 2.45) is 0 Å². The maximum Gasteiger partial charge on any atom is 0.200 e. The fourth-order valence-electron chi connectivity index (χ4n) is 0.975. The Kier molecular flexibility index (Phi) is 1.63. The number of halogens is 1. The van der Waals surface area contributed by atoms with Crippen molar-refractivity contribution in [2.45, 2.75) is 6.92 Å². The molecule has 0 saturated heterocycles. The van der Waals surface area contributed by atoms with E-state index in [1.165, 1.54) is 0 Å². The molecule has 0 aliphatic rings. The second-order valence-corrected chi connectivity index (χ2v) is 3.51. The molecule has 0 atom stereocenters. The summed E-state index contributed by atoms with van der Waals surface area (Å²) in [5, 5.41) is 11.9. The van der Waals surface area contributed by atoms with Gasteiger partial charge in [0.15, 0.2) is 5.82 Å². The molecule has 0 radical (unpaired) electrons. The van der Waals surface area contributed by atoms with E-state index in [2.05, 4.69) is 37.9 Å². The number of aromatic nitrogens is 4. The van der Waals surface area contributed by atoms with Gasteiger partial charge in [-0.05, 0) is 35.6 Å². The molecular formula is C6H6IN5. The summed E-state index contributed by atoms with van der Waals surface area (Å²) >= 11 is 2.10. The largest absolute Gasteiger partial charge is 0.396 e. The third-order valence-electron chi connectivity index (χ3n) is 1.52. The summed E-state index contributed by atoms with van der Waals surface area (Å²) in [6.45, 7) is 1.84. The van der Waals surface area contributed by atoms with Gasteiger partial charge in [-0.15, -0.1) is 10.2 Å². The van der Waals surface area contributed by atoms with Crippen molar-refractivity contribution in [1.29, 1.82) is 0 Å². The van der Waals surface area contributed by atoms with Crippen molar-refractivity contribution in [3.63, 3.8) is 0 Å². The Balaban J connectivity index is 2.92. The zero-order chi connectivity index (χ0) is 8.72. The van der Waals surface area contributed by atoms with E-state index in [0.29, 0.717) is 11.3 Å². The average Bonchev–Trinajstić information content (AvgIpc) is 2.33. The van der Waals surface area contributed by atoms with Gasteiger partial charge in [0, 0.05) is 0 Å². The molecule has 0 unspecified atom stereocenters. The van der Waals surface area contributed by atoms with Crippen molar-refractivity contribution in [1.82, 2.24) is 19.8 Å². The SMILES string of the molecule is Cc1nnc2c(N)cc(I)nn12. The highest BCUT2D eigenvalue weighted by Crippen LogP contribution is 2.12. The minimum absolute atomic E-state index is 0.606. The van der Waals surface area contributed by atoms with Crippen LogP contribution in [0.5, 0.6) is 0 Å². The Morgan fingerprint density at radius 2 is 2.25 bits per heavy atom. The number of rotatable bonds is 0. The van der Waals surface area contributed by atoms with E-state index in [-0.39, 0.29) is 0 Å². The van der Waals surface area contributed by atoms with Crippen molar-refractivity contribution in [3.05, 3.63) is 15.6 Å². The lowest BCUT2D eigenvalue weighted by Gasteiger charge is -1.97. The van der Waals surface area contributed by atoms with Gasteiger partial charge in [-0.25, -0.2) is 0 Å². The lowest BCUT2D eigenvalue weighted by Crippen LogP contribution is -2.00. The summed E-state index contributed by atoms with van der Waals surface area (Å²) < 4.78 is 2.47. The number of nitrogen functional groups attached to an aromatic ring is 1. The van der Waals surface area contributed by atoms with E-state index in [1.54, 1.807) is 10.6 Å². The molecule has 2 N–H and O–H groups in total. The minimum Gasteiger partial charge on any atom is -0.396 e. The van der Waals surface area contributed by atoms with Crippen LogP contribution in [0.3, 0.4) is 0 Å². The zero-order valence-corrected chi connectivity index (χ0v) is 8.48. The Morgan fingerprint density at radius 3 is 3.00 bits per heavy atom. The second kappa shape index (κ2) is 2.54. The smallest absolute Gasteiger partial charge is 0.200 e. The van der Waals surface area contributed by atoms with Gasteiger partial charge in [-0.2, -0.15) is 9.61 Å². The van der Waals surface area contributed by atoms with Gasteiger partial charge >= 0.3 is 0 Å². The lowest BCUT2D eigenvalue weighted by molar-refractivity contribution is 0.861. The molecule has 0 aromatic carbocycles. The van der Waals surface area contributed by atoms with E-state index in [0.717, 1.165) is 9.53 Å². The van der Waals surface area contributed by atoms with E-state index in [1.807, 2.05) is 6.92 Å². The predicted octanol–water partition coefficient (Wildman–Crippen LogP) is 0.620. The number of hydrogen-bond donors (Lipinski definition) is 1. The molecule has 0 bridgehead atoms. The number of fused-ring (bicyclic) bond motifs is 1. The third kappa shape index (κ3) is 1.02. The maximum absolute atomic E-state index is 5.70. The highest BCUT2D eigenvalue weighted by Gasteiger charge is 2.05. The summed E-state index contributed by atoms with van der Waals surface area (Å²) in [6.07, 6.45) is 0. The van der Waals surface area contributed by atoms with Crippen LogP contribution in [0.2, 0.25) is 0 Å². The highest BCUT2D eigenvalue weighted by atomic mass is 127. The van der Waals surface area contributed by atoms with Crippen LogP contribution in [0.25, 0.3) is 5.65 Å². The molecule has 6 heteroatoms. The normalized spacial score (nSPS) is 10.8. The molecule has 2 aromatic heterocycles. The first kappa shape index (κ1) is 7.71. The minimum atomic E-state index is 0.606. The molecule has 12 heavy (non-hydrogen) atoms. The number of hydrogen-bond acceptors (Lipinski definition) is 4. The molecule has 2 rings (SSSR count). The molecule has 0 amide bonds. The van der Waals surface area contributed by atoms with Crippen LogP contribution in [0.1, 0.15) is 5.82 Å². The van der Waals surface area contributed by atoms with E-state index in [4.69, 9.17) is 5.73 Å². The predicted molar refractivity (Wildman–Crippen MR) is 52.6 cm³/mol. The molecule has 0 aliphatic heterocycles. The van der Waals surface area contributed by atoms with Crippen LogP contribution in [-0.4, -0.2) is 19.8 Å². The number of anilines is 1. The van der Waals surface area contributed by atoms with E-state index >= 15 is 0 Å². The fraction of sp³-hybridized carbons (Fsp3) is 0.167. The van der Waals surface area contributed by atoms with Crippen molar-refractivity contribution < 1.29 is 0 Å². The molecule has 2 heterocycles. The maximum atomic E-state index is 5.70. The van der Waals surface area contributed by atoms with Crippen molar-refractivity contribution >= 4 is 33.9 Å². The lowest BCUT2D eigenvalue weighted by atomic mass is 10.5. The molecule has 2 aromatic rings. The Hall–Kier alpha value is -0.920. The van der Waals surface area contributed by atoms with Gasteiger partial charge in [-0.3, -0.25) is 0 Å². The van der Waals surface area contributed by atoms with Gasteiger partial charge < -0.3 is 5.73 Å². The van der Waals surface area contributed by atoms with Gasteiger partial charge in [0.05, 0.1) is 5.69 Å². The molecule has 0 spiro atoms. The first-order chi connectivity index (χ1) is 5.68. The van der Waals surface area contributed by atoms with Gasteiger partial charge in [0.25, 0.3) is 0 Å². The molecule has 0 aliphatic carbocycles. The first-order valence-corrected chi connectivity index (χ1v) is 4.40.